The molecule has 1 aromatic heterocycles. The van der Waals surface area contributed by atoms with Gasteiger partial charge >= 0.3 is 0 Å². The first kappa shape index (κ1) is 14.1. The van der Waals surface area contributed by atoms with Gasteiger partial charge < -0.3 is 9.84 Å². The minimum Gasteiger partial charge on any atom is -0.339 e. The summed E-state index contributed by atoms with van der Waals surface area (Å²) in [5, 5.41) is 7.31. The molecule has 0 saturated carbocycles. The van der Waals surface area contributed by atoms with Crippen molar-refractivity contribution in [2.24, 2.45) is 5.92 Å². The summed E-state index contributed by atoms with van der Waals surface area (Å²) >= 11 is 0. The van der Waals surface area contributed by atoms with E-state index >= 15 is 0 Å². The predicted octanol–water partition coefficient (Wildman–Crippen LogP) is 2.48. The Morgan fingerprint density at radius 3 is 2.95 bits per heavy atom. The Morgan fingerprint density at radius 1 is 1.29 bits per heavy atom. The van der Waals surface area contributed by atoms with Crippen LogP contribution in [-0.2, 0) is 12.8 Å². The predicted molar refractivity (Wildman–Crippen MR) is 72.8 cm³/mol. The Morgan fingerprint density at radius 2 is 2.19 bits per heavy atom. The summed E-state index contributed by atoms with van der Waals surface area (Å²) in [5.41, 5.74) is 0.614. The number of nitrogens with zero attached hydrogens (tertiary/aromatic N) is 2. The van der Waals surface area contributed by atoms with Gasteiger partial charge in [0.15, 0.2) is 17.5 Å². The van der Waals surface area contributed by atoms with E-state index in [1.807, 2.05) is 0 Å². The average Bonchev–Trinajstić information content (AvgIpc) is 2.91. The molecular weight excluding hydrogens is 276 g/mol. The number of halogens is 2. The Bertz CT molecular complexity index is 609. The molecule has 6 heteroatoms. The summed E-state index contributed by atoms with van der Waals surface area (Å²) < 4.78 is 31.2. The van der Waals surface area contributed by atoms with Crippen molar-refractivity contribution < 1.29 is 13.3 Å². The molecule has 3 rings (SSSR count). The molecule has 1 atom stereocenters. The van der Waals surface area contributed by atoms with Gasteiger partial charge in [-0.25, -0.2) is 8.78 Å². The number of hydrogen-bond donors (Lipinski definition) is 1. The number of hydrogen-bond acceptors (Lipinski definition) is 4. The highest BCUT2D eigenvalue weighted by Gasteiger charge is 2.17. The summed E-state index contributed by atoms with van der Waals surface area (Å²) in [7, 11) is 0. The average molecular weight is 293 g/mol. The second-order valence-corrected chi connectivity index (χ2v) is 5.45. The molecule has 0 aliphatic carbocycles. The van der Waals surface area contributed by atoms with Crippen molar-refractivity contribution in [1.82, 2.24) is 15.5 Å². The zero-order chi connectivity index (χ0) is 14.7. The van der Waals surface area contributed by atoms with Crippen molar-refractivity contribution in [3.63, 3.8) is 0 Å². The molecule has 1 aliphatic rings. The molecular formula is C15H17F2N3O. The van der Waals surface area contributed by atoms with Gasteiger partial charge in [0.05, 0.1) is 6.42 Å². The molecule has 1 aromatic carbocycles. The van der Waals surface area contributed by atoms with Crippen LogP contribution in [0, 0.1) is 17.6 Å². The molecule has 112 valence electrons. The van der Waals surface area contributed by atoms with Gasteiger partial charge in [0.1, 0.15) is 0 Å². The molecule has 0 spiro atoms. The first-order chi connectivity index (χ1) is 10.2. The Balaban J connectivity index is 1.62. The molecule has 1 saturated heterocycles. The number of piperidine rings is 1. The van der Waals surface area contributed by atoms with Crippen LogP contribution in [-0.4, -0.2) is 23.2 Å². The Hall–Kier alpha value is -1.82. The maximum Gasteiger partial charge on any atom is 0.231 e. The molecule has 0 bridgehead atoms. The summed E-state index contributed by atoms with van der Waals surface area (Å²) in [5.74, 6) is -0.0659. The van der Waals surface area contributed by atoms with Crippen LogP contribution in [0.3, 0.4) is 0 Å². The van der Waals surface area contributed by atoms with Crippen LogP contribution in [0.5, 0.6) is 0 Å². The summed E-state index contributed by atoms with van der Waals surface area (Å²) in [4.78, 5) is 4.33. The van der Waals surface area contributed by atoms with Crippen LogP contribution in [0.2, 0.25) is 0 Å². The summed E-state index contributed by atoms with van der Waals surface area (Å²) in [6.07, 6.45) is 3.44. The number of aromatic nitrogens is 2. The van der Waals surface area contributed by atoms with Crippen LogP contribution in [0.4, 0.5) is 8.78 Å². The summed E-state index contributed by atoms with van der Waals surface area (Å²) in [6, 6.07) is 3.78. The number of benzene rings is 1. The third-order valence-electron chi connectivity index (χ3n) is 3.72. The molecule has 2 heterocycles. The third-order valence-corrected chi connectivity index (χ3v) is 3.72. The fraction of sp³-hybridized carbons (Fsp3) is 0.467. The maximum atomic E-state index is 13.1. The van der Waals surface area contributed by atoms with Gasteiger partial charge in [0.25, 0.3) is 0 Å². The Kier molecular flexibility index (Phi) is 4.24. The topological polar surface area (TPSA) is 51.0 Å². The zero-order valence-electron chi connectivity index (χ0n) is 11.6. The molecule has 1 fully saturated rings. The lowest BCUT2D eigenvalue weighted by atomic mass is 9.96. The van der Waals surface area contributed by atoms with Gasteiger partial charge in [0, 0.05) is 6.42 Å². The fourth-order valence-electron chi connectivity index (χ4n) is 2.63. The fourth-order valence-corrected chi connectivity index (χ4v) is 2.63. The quantitative estimate of drug-likeness (QED) is 0.941. The molecule has 0 amide bonds. The SMILES string of the molecule is Fc1ccc(Cc2nc(CC3CCCNC3)no2)cc1F. The minimum absolute atomic E-state index is 0.313. The van der Waals surface area contributed by atoms with E-state index in [1.54, 1.807) is 0 Å². The lowest BCUT2D eigenvalue weighted by molar-refractivity contribution is 0.351. The molecule has 2 aromatic rings. The normalized spacial score (nSPS) is 18.9. The van der Waals surface area contributed by atoms with Gasteiger partial charge in [-0.2, -0.15) is 4.98 Å². The van der Waals surface area contributed by atoms with E-state index in [9.17, 15) is 8.78 Å². The monoisotopic (exact) mass is 293 g/mol. The van der Waals surface area contributed by atoms with Gasteiger partial charge in [-0.05, 0) is 49.5 Å². The van der Waals surface area contributed by atoms with Crippen molar-refractivity contribution >= 4 is 0 Å². The minimum atomic E-state index is -0.861. The smallest absolute Gasteiger partial charge is 0.231 e. The van der Waals surface area contributed by atoms with Gasteiger partial charge in [0.2, 0.25) is 5.89 Å². The molecule has 0 radical (unpaired) electrons. The van der Waals surface area contributed by atoms with E-state index < -0.39 is 11.6 Å². The van der Waals surface area contributed by atoms with E-state index in [1.165, 1.54) is 18.9 Å². The number of rotatable bonds is 4. The van der Waals surface area contributed by atoms with E-state index in [2.05, 4.69) is 15.5 Å². The molecule has 1 aliphatic heterocycles. The van der Waals surface area contributed by atoms with E-state index in [0.717, 1.165) is 31.6 Å². The standard InChI is InChI=1S/C15H17F2N3O/c16-12-4-3-10(6-13(12)17)8-15-19-14(20-21-15)7-11-2-1-5-18-9-11/h3-4,6,11,18H,1-2,5,7-9H2. The summed E-state index contributed by atoms with van der Waals surface area (Å²) in [6.45, 7) is 2.05. The van der Waals surface area contributed by atoms with Gasteiger partial charge in [-0.3, -0.25) is 0 Å². The second kappa shape index (κ2) is 6.30. The van der Waals surface area contributed by atoms with E-state index in [4.69, 9.17) is 4.52 Å². The van der Waals surface area contributed by atoms with Crippen molar-refractivity contribution in [2.45, 2.75) is 25.7 Å². The third kappa shape index (κ3) is 3.64. The molecule has 21 heavy (non-hydrogen) atoms. The largest absolute Gasteiger partial charge is 0.339 e. The van der Waals surface area contributed by atoms with Crippen LogP contribution in [0.25, 0.3) is 0 Å². The highest BCUT2D eigenvalue weighted by molar-refractivity contribution is 5.20. The van der Waals surface area contributed by atoms with Crippen LogP contribution in [0.1, 0.15) is 30.1 Å². The Labute approximate surface area is 121 Å². The van der Waals surface area contributed by atoms with Gasteiger partial charge in [-0.1, -0.05) is 11.2 Å². The first-order valence-electron chi connectivity index (χ1n) is 7.17. The lowest BCUT2D eigenvalue weighted by Gasteiger charge is -2.20. The van der Waals surface area contributed by atoms with Crippen molar-refractivity contribution in [3.8, 4) is 0 Å². The second-order valence-electron chi connectivity index (χ2n) is 5.45. The van der Waals surface area contributed by atoms with Crippen molar-refractivity contribution in [2.75, 3.05) is 13.1 Å². The first-order valence-corrected chi connectivity index (χ1v) is 7.17. The van der Waals surface area contributed by atoms with Crippen LogP contribution < -0.4 is 5.32 Å². The van der Waals surface area contributed by atoms with Crippen LogP contribution >= 0.6 is 0 Å². The lowest BCUT2D eigenvalue weighted by Crippen LogP contribution is -2.31. The molecule has 1 unspecified atom stereocenters. The van der Waals surface area contributed by atoms with Gasteiger partial charge in [-0.15, -0.1) is 0 Å². The highest BCUT2D eigenvalue weighted by Crippen LogP contribution is 2.16. The highest BCUT2D eigenvalue weighted by atomic mass is 19.2. The van der Waals surface area contributed by atoms with E-state index in [0.29, 0.717) is 29.6 Å². The number of nitrogens with one attached hydrogen (secondary N) is 1. The molecule has 1 N–H and O–H groups in total. The van der Waals surface area contributed by atoms with Crippen LogP contribution in [0.15, 0.2) is 22.7 Å². The maximum absolute atomic E-state index is 13.1. The van der Waals surface area contributed by atoms with Crippen molar-refractivity contribution in [3.05, 3.63) is 47.1 Å². The van der Waals surface area contributed by atoms with E-state index in [-0.39, 0.29) is 0 Å². The van der Waals surface area contributed by atoms with Crippen molar-refractivity contribution in [1.29, 1.82) is 0 Å². The zero-order valence-corrected chi connectivity index (χ0v) is 11.6. The molecule has 4 nitrogen and oxygen atoms in total.